The lowest BCUT2D eigenvalue weighted by atomic mass is 10.1. The number of nitrogens with zero attached hydrogens (tertiary/aromatic N) is 3. The maximum atomic E-state index is 13.2. The summed E-state index contributed by atoms with van der Waals surface area (Å²) in [5.41, 5.74) is 1.57. The first-order chi connectivity index (χ1) is 15.4. The highest BCUT2D eigenvalue weighted by atomic mass is 32.2. The first-order valence-electron chi connectivity index (χ1n) is 10.6. The molecule has 1 fully saturated rings. The van der Waals surface area contributed by atoms with Crippen molar-refractivity contribution in [3.63, 3.8) is 0 Å². The molecule has 3 heterocycles. The Balaban J connectivity index is 1.39. The molecule has 1 aliphatic carbocycles. The molecule has 2 aliphatic rings. The van der Waals surface area contributed by atoms with Crippen molar-refractivity contribution in [2.24, 2.45) is 11.1 Å². The molecule has 0 spiro atoms. The number of anilines is 1. The molecule has 11 heteroatoms. The molecule has 0 unspecified atom stereocenters. The molecule has 0 amide bonds. The van der Waals surface area contributed by atoms with E-state index in [0.29, 0.717) is 22.7 Å². The van der Waals surface area contributed by atoms with Gasteiger partial charge in [0, 0.05) is 31.9 Å². The molecular formula is C21H27N5O4S2. The summed E-state index contributed by atoms with van der Waals surface area (Å²) >= 11 is 1.44. The van der Waals surface area contributed by atoms with E-state index in [2.05, 4.69) is 32.3 Å². The third-order valence-electron chi connectivity index (χ3n) is 5.73. The minimum absolute atomic E-state index is 0.0663. The molecule has 2 aromatic rings. The second kappa shape index (κ2) is 10.2. The van der Waals surface area contributed by atoms with E-state index in [1.165, 1.54) is 17.7 Å². The number of nitrogens with one attached hydrogen (secondary N) is 1. The second-order valence-electron chi connectivity index (χ2n) is 8.23. The Bertz CT molecular complexity index is 1090. The summed E-state index contributed by atoms with van der Waals surface area (Å²) in [5.74, 6) is 0.477. The van der Waals surface area contributed by atoms with Crippen LogP contribution < -0.4 is 10.5 Å². The summed E-state index contributed by atoms with van der Waals surface area (Å²) in [6.07, 6.45) is 10.7. The Hall–Kier alpha value is -2.18. The van der Waals surface area contributed by atoms with E-state index < -0.39 is 10.3 Å². The van der Waals surface area contributed by atoms with Crippen molar-refractivity contribution in [2.75, 3.05) is 25.0 Å². The van der Waals surface area contributed by atoms with E-state index in [1.54, 1.807) is 6.20 Å². The van der Waals surface area contributed by atoms with Crippen LogP contribution in [0.2, 0.25) is 0 Å². The molecule has 172 valence electrons. The molecule has 2 aromatic heterocycles. The molecule has 0 saturated heterocycles. The van der Waals surface area contributed by atoms with E-state index in [0.717, 1.165) is 44.5 Å². The van der Waals surface area contributed by atoms with Gasteiger partial charge in [0.1, 0.15) is 12.1 Å². The van der Waals surface area contributed by atoms with Gasteiger partial charge in [0.05, 0.1) is 17.0 Å². The molecular weight excluding hydrogens is 450 g/mol. The Morgan fingerprint density at radius 1 is 1.34 bits per heavy atom. The van der Waals surface area contributed by atoms with Crippen LogP contribution in [-0.2, 0) is 21.0 Å². The third kappa shape index (κ3) is 6.20. The highest BCUT2D eigenvalue weighted by Gasteiger charge is 2.28. The van der Waals surface area contributed by atoms with Crippen molar-refractivity contribution in [1.82, 2.24) is 14.9 Å². The van der Waals surface area contributed by atoms with Crippen LogP contribution in [0.15, 0.2) is 36.1 Å². The Labute approximate surface area is 192 Å². The average Bonchev–Trinajstić information content (AvgIpc) is 3.42. The van der Waals surface area contributed by atoms with Gasteiger partial charge < -0.3 is 5.32 Å². The van der Waals surface area contributed by atoms with E-state index in [4.69, 9.17) is 9.32 Å². The zero-order chi connectivity index (χ0) is 22.6. The van der Waals surface area contributed by atoms with Crippen molar-refractivity contribution in [1.29, 1.82) is 0 Å². The van der Waals surface area contributed by atoms with E-state index >= 15 is 0 Å². The van der Waals surface area contributed by atoms with Crippen molar-refractivity contribution in [2.45, 2.75) is 38.3 Å². The van der Waals surface area contributed by atoms with Gasteiger partial charge >= 0.3 is 10.3 Å². The zero-order valence-electron chi connectivity index (χ0n) is 17.6. The predicted molar refractivity (Wildman–Crippen MR) is 123 cm³/mol. The smallest absolute Gasteiger partial charge is 0.333 e. The highest BCUT2D eigenvalue weighted by Crippen LogP contribution is 2.30. The van der Waals surface area contributed by atoms with Crippen LogP contribution in [0.25, 0.3) is 0 Å². The number of hydrogen-bond donors (Lipinski definition) is 2. The fourth-order valence-electron chi connectivity index (χ4n) is 4.15. The summed E-state index contributed by atoms with van der Waals surface area (Å²) in [4.78, 5) is 24.6. The quantitative estimate of drug-likeness (QED) is 0.416. The Kier molecular flexibility index (Phi) is 7.31. The summed E-state index contributed by atoms with van der Waals surface area (Å²) in [7, 11) is -3.94. The molecule has 32 heavy (non-hydrogen) atoms. The fourth-order valence-corrected chi connectivity index (χ4v) is 5.39. The highest BCUT2D eigenvalue weighted by molar-refractivity contribution is 7.84. The van der Waals surface area contributed by atoms with Crippen LogP contribution in [0.4, 0.5) is 5.82 Å². The minimum atomic E-state index is -3.94. The number of nitrogens with two attached hydrogens (primary N) is 1. The van der Waals surface area contributed by atoms with Gasteiger partial charge in [-0.25, -0.2) is 15.1 Å². The molecule has 4 rings (SSSR count). The van der Waals surface area contributed by atoms with Crippen LogP contribution in [0, 0.1) is 5.92 Å². The largest absolute Gasteiger partial charge is 0.367 e. The lowest BCUT2D eigenvalue weighted by molar-refractivity contribution is 0.104. The van der Waals surface area contributed by atoms with Gasteiger partial charge in [-0.3, -0.25) is 13.9 Å². The number of carbonyl (C=O) groups is 1. The summed E-state index contributed by atoms with van der Waals surface area (Å²) < 4.78 is 26.7. The molecule has 0 aromatic carbocycles. The van der Waals surface area contributed by atoms with Gasteiger partial charge in [-0.15, -0.1) is 11.3 Å². The number of thiophene rings is 1. The lowest BCUT2D eigenvalue weighted by Gasteiger charge is -2.22. The topological polar surface area (TPSA) is 128 Å². The van der Waals surface area contributed by atoms with Crippen molar-refractivity contribution >= 4 is 33.2 Å². The normalized spacial score (nSPS) is 21.7. The summed E-state index contributed by atoms with van der Waals surface area (Å²) in [5, 5.41) is 10.3. The van der Waals surface area contributed by atoms with Crippen LogP contribution >= 0.6 is 11.3 Å². The molecule has 0 radical (unpaired) electrons. The number of ketones is 1. The maximum absolute atomic E-state index is 13.2. The number of hydrogen-bond acceptors (Lipinski definition) is 9. The summed E-state index contributed by atoms with van der Waals surface area (Å²) in [6.45, 7) is 2.86. The average molecular weight is 478 g/mol. The van der Waals surface area contributed by atoms with Crippen molar-refractivity contribution in [3.8, 4) is 0 Å². The molecule has 3 N–H and O–H groups in total. The Morgan fingerprint density at radius 2 is 2.22 bits per heavy atom. The van der Waals surface area contributed by atoms with Crippen LogP contribution in [0.1, 0.15) is 46.5 Å². The number of rotatable bonds is 9. The van der Waals surface area contributed by atoms with Crippen LogP contribution in [0.5, 0.6) is 0 Å². The van der Waals surface area contributed by atoms with Crippen molar-refractivity contribution in [3.05, 3.63) is 52.1 Å². The van der Waals surface area contributed by atoms with Crippen LogP contribution in [0.3, 0.4) is 0 Å². The predicted octanol–water partition coefficient (Wildman–Crippen LogP) is 2.33. The van der Waals surface area contributed by atoms with Gasteiger partial charge in [-0.1, -0.05) is 12.2 Å². The maximum Gasteiger partial charge on any atom is 0.333 e. The molecule has 0 bridgehead atoms. The van der Waals surface area contributed by atoms with Gasteiger partial charge in [-0.2, -0.15) is 8.42 Å². The van der Waals surface area contributed by atoms with E-state index in [1.807, 2.05) is 11.4 Å². The van der Waals surface area contributed by atoms with Gasteiger partial charge in [0.2, 0.25) is 5.78 Å². The lowest BCUT2D eigenvalue weighted by Crippen LogP contribution is -2.26. The molecule has 1 saturated carbocycles. The van der Waals surface area contributed by atoms with E-state index in [9.17, 15) is 13.2 Å². The summed E-state index contributed by atoms with van der Waals surface area (Å²) in [6, 6.07) is 2.02. The first-order valence-corrected chi connectivity index (χ1v) is 13.0. The Morgan fingerprint density at radius 3 is 3.00 bits per heavy atom. The number of carbonyl (C=O) groups excluding carboxylic acids is 1. The van der Waals surface area contributed by atoms with Crippen molar-refractivity contribution < 1.29 is 17.4 Å². The first kappa shape index (κ1) is 23.0. The standard InChI is InChI=1S/C21H27N5O4S2/c22-32(28,29)30-12-15-4-5-17(8-15)25-21-18(10-23-14-24-21)20(27)19-9-16(13-31-19)11-26-6-2-1-3-7-26/h1-2,9-10,13-15,17H,3-8,11-12H2,(H2,22,28,29)(H,23,24,25)/t15-,17+/m1/s1. The van der Waals surface area contributed by atoms with E-state index in [-0.39, 0.29) is 24.3 Å². The molecule has 1 aliphatic heterocycles. The zero-order valence-corrected chi connectivity index (χ0v) is 19.3. The second-order valence-corrected chi connectivity index (χ2v) is 10.4. The molecule has 2 atom stereocenters. The third-order valence-corrected chi connectivity index (χ3v) is 7.18. The SMILES string of the molecule is NS(=O)(=O)OC[C@@H]1CC[C@H](Nc2ncncc2C(=O)c2cc(CN3CC=CCC3)cs2)C1. The molecule has 9 nitrogen and oxygen atoms in total. The number of aromatic nitrogens is 2. The fraction of sp³-hybridized carbons (Fsp3) is 0.476. The van der Waals surface area contributed by atoms with Gasteiger partial charge in [0.25, 0.3) is 0 Å². The minimum Gasteiger partial charge on any atom is -0.367 e. The van der Waals surface area contributed by atoms with Gasteiger partial charge in [-0.05, 0) is 48.6 Å². The van der Waals surface area contributed by atoms with Crippen LogP contribution in [-0.4, -0.2) is 54.8 Å². The van der Waals surface area contributed by atoms with Gasteiger partial charge in [0.15, 0.2) is 0 Å². The monoisotopic (exact) mass is 477 g/mol.